The number of allylic oxidation sites excluding steroid dienone is 1. The molecule has 0 aromatic rings. The van der Waals surface area contributed by atoms with Crippen molar-refractivity contribution in [3.8, 4) is 0 Å². The third-order valence-electron chi connectivity index (χ3n) is 9.61. The van der Waals surface area contributed by atoms with Crippen LogP contribution in [-0.4, -0.2) is 22.4 Å². The van der Waals surface area contributed by atoms with Gasteiger partial charge < -0.3 is 10.2 Å². The molecule has 0 saturated heterocycles. The molecule has 4 rings (SSSR count). The van der Waals surface area contributed by atoms with Crippen LogP contribution in [-0.2, 0) is 0 Å². The molecule has 0 spiro atoms. The van der Waals surface area contributed by atoms with Gasteiger partial charge in [0.1, 0.15) is 0 Å². The SMILES string of the molecule is C=C(C)[C@H]1CCC2C3C(CC[C@@]21C)[C@@]1(C)CC[C@H](C)CC1[C@@H](O)[C@@H]3O. The molecule has 2 nitrogen and oxygen atoms in total. The molecular weight excluding hydrogens is 308 g/mol. The van der Waals surface area contributed by atoms with Crippen LogP contribution in [0.4, 0.5) is 0 Å². The van der Waals surface area contributed by atoms with E-state index >= 15 is 0 Å². The van der Waals surface area contributed by atoms with Gasteiger partial charge in [0.25, 0.3) is 0 Å². The summed E-state index contributed by atoms with van der Waals surface area (Å²) in [6.07, 6.45) is 7.49. The fraction of sp³-hybridized carbons (Fsp3) is 0.913. The smallest absolute Gasteiger partial charge is 0.0835 e. The van der Waals surface area contributed by atoms with Crippen LogP contribution >= 0.6 is 0 Å². The van der Waals surface area contributed by atoms with Crippen molar-refractivity contribution in [2.45, 2.75) is 84.8 Å². The Hall–Kier alpha value is -0.340. The molecule has 4 aliphatic rings. The summed E-state index contributed by atoms with van der Waals surface area (Å²) in [6.45, 7) is 13.7. The van der Waals surface area contributed by atoms with E-state index in [1.165, 1.54) is 44.1 Å². The van der Waals surface area contributed by atoms with Crippen molar-refractivity contribution in [3.05, 3.63) is 12.2 Å². The van der Waals surface area contributed by atoms with Gasteiger partial charge in [0.05, 0.1) is 12.2 Å². The summed E-state index contributed by atoms with van der Waals surface area (Å²) in [7, 11) is 0. The van der Waals surface area contributed by atoms with Crippen LogP contribution in [0.5, 0.6) is 0 Å². The normalized spacial score (nSPS) is 58.2. The van der Waals surface area contributed by atoms with Crippen LogP contribution in [0.2, 0.25) is 0 Å². The number of rotatable bonds is 1. The van der Waals surface area contributed by atoms with Gasteiger partial charge in [0.2, 0.25) is 0 Å². The van der Waals surface area contributed by atoms with E-state index in [0.717, 1.165) is 6.42 Å². The summed E-state index contributed by atoms with van der Waals surface area (Å²) in [5.74, 6) is 2.99. The Labute approximate surface area is 154 Å². The van der Waals surface area contributed by atoms with Crippen LogP contribution in [0.3, 0.4) is 0 Å². The molecule has 0 amide bonds. The second-order valence-electron chi connectivity index (χ2n) is 10.8. The molecule has 25 heavy (non-hydrogen) atoms. The van der Waals surface area contributed by atoms with Gasteiger partial charge in [-0.2, -0.15) is 0 Å². The largest absolute Gasteiger partial charge is 0.390 e. The van der Waals surface area contributed by atoms with Gasteiger partial charge in [-0.1, -0.05) is 39.3 Å². The van der Waals surface area contributed by atoms with E-state index in [0.29, 0.717) is 23.7 Å². The van der Waals surface area contributed by atoms with Gasteiger partial charge in [0, 0.05) is 0 Å². The Balaban J connectivity index is 1.70. The average molecular weight is 347 g/mol. The van der Waals surface area contributed by atoms with E-state index < -0.39 is 12.2 Å². The van der Waals surface area contributed by atoms with Crippen molar-refractivity contribution >= 4 is 0 Å². The molecule has 4 saturated carbocycles. The Kier molecular flexibility index (Phi) is 4.21. The monoisotopic (exact) mass is 346 g/mol. The van der Waals surface area contributed by atoms with Gasteiger partial charge >= 0.3 is 0 Å². The zero-order valence-corrected chi connectivity index (χ0v) is 16.7. The fourth-order valence-electron chi connectivity index (χ4n) is 8.27. The van der Waals surface area contributed by atoms with E-state index in [2.05, 4.69) is 34.3 Å². The molecule has 0 aromatic heterocycles. The molecule has 10 atom stereocenters. The summed E-state index contributed by atoms with van der Waals surface area (Å²) >= 11 is 0. The van der Waals surface area contributed by atoms with Crippen LogP contribution in [0, 0.1) is 46.3 Å². The van der Waals surface area contributed by atoms with Gasteiger partial charge in [0.15, 0.2) is 0 Å². The highest BCUT2D eigenvalue weighted by Crippen LogP contribution is 2.68. The quantitative estimate of drug-likeness (QED) is 0.670. The highest BCUT2D eigenvalue weighted by molar-refractivity contribution is 5.17. The average Bonchev–Trinajstić information content (AvgIpc) is 2.91. The third-order valence-corrected chi connectivity index (χ3v) is 9.61. The van der Waals surface area contributed by atoms with Crippen LogP contribution in [0.25, 0.3) is 0 Å². The molecular formula is C23H38O2. The lowest BCUT2D eigenvalue weighted by atomic mass is 9.43. The minimum Gasteiger partial charge on any atom is -0.390 e. The molecule has 0 heterocycles. The molecule has 2 N–H and O–H groups in total. The molecule has 2 heteroatoms. The van der Waals surface area contributed by atoms with Crippen LogP contribution in [0.15, 0.2) is 12.2 Å². The van der Waals surface area contributed by atoms with Crippen molar-refractivity contribution in [1.82, 2.24) is 0 Å². The van der Waals surface area contributed by atoms with Crippen molar-refractivity contribution < 1.29 is 10.2 Å². The van der Waals surface area contributed by atoms with E-state index in [4.69, 9.17) is 0 Å². The zero-order valence-electron chi connectivity index (χ0n) is 16.7. The van der Waals surface area contributed by atoms with Crippen molar-refractivity contribution in [2.75, 3.05) is 0 Å². The Morgan fingerprint density at radius 2 is 1.52 bits per heavy atom. The maximum Gasteiger partial charge on any atom is 0.0835 e. The molecule has 4 fully saturated rings. The van der Waals surface area contributed by atoms with Crippen molar-refractivity contribution in [2.24, 2.45) is 46.3 Å². The van der Waals surface area contributed by atoms with Crippen molar-refractivity contribution in [1.29, 1.82) is 0 Å². The molecule has 0 aliphatic heterocycles. The van der Waals surface area contributed by atoms with Crippen LogP contribution < -0.4 is 0 Å². The van der Waals surface area contributed by atoms with E-state index in [1.54, 1.807) is 0 Å². The molecule has 0 aromatic carbocycles. The minimum absolute atomic E-state index is 0.221. The summed E-state index contributed by atoms with van der Waals surface area (Å²) in [5, 5.41) is 22.3. The lowest BCUT2D eigenvalue weighted by molar-refractivity contribution is -0.217. The number of hydrogen-bond acceptors (Lipinski definition) is 2. The Morgan fingerprint density at radius 3 is 2.20 bits per heavy atom. The third kappa shape index (κ3) is 2.35. The highest BCUT2D eigenvalue weighted by atomic mass is 16.3. The standard InChI is InChI=1S/C23H38O2/c1-13(2)15-6-7-16-19-17(9-11-22(15,16)4)23(5)10-8-14(3)12-18(23)20(24)21(19)25/h14-21,24-25H,1,6-12H2,2-5H3/t14-,15+,16?,17?,18?,19?,20+,21+,22+,23+/m0/s1. The maximum absolute atomic E-state index is 11.2. The lowest BCUT2D eigenvalue weighted by Crippen LogP contribution is -2.63. The van der Waals surface area contributed by atoms with Gasteiger partial charge in [-0.25, -0.2) is 0 Å². The number of aliphatic hydroxyl groups is 2. The summed E-state index contributed by atoms with van der Waals surface area (Å²) in [5.41, 5.74) is 1.82. The zero-order chi connectivity index (χ0) is 18.1. The van der Waals surface area contributed by atoms with Crippen LogP contribution in [0.1, 0.15) is 72.6 Å². The summed E-state index contributed by atoms with van der Waals surface area (Å²) in [6, 6.07) is 0. The summed E-state index contributed by atoms with van der Waals surface area (Å²) < 4.78 is 0. The molecule has 0 bridgehead atoms. The Morgan fingerprint density at radius 1 is 0.880 bits per heavy atom. The first-order valence-electron chi connectivity index (χ1n) is 10.7. The van der Waals surface area contributed by atoms with E-state index in [-0.39, 0.29) is 22.7 Å². The minimum atomic E-state index is -0.528. The Bertz CT molecular complexity index is 556. The van der Waals surface area contributed by atoms with E-state index in [1.807, 2.05) is 0 Å². The van der Waals surface area contributed by atoms with Gasteiger partial charge in [-0.05, 0) is 91.8 Å². The van der Waals surface area contributed by atoms with Gasteiger partial charge in [-0.15, -0.1) is 0 Å². The predicted octanol–water partition coefficient (Wildman–Crippen LogP) is 4.80. The predicted molar refractivity (Wildman–Crippen MR) is 102 cm³/mol. The summed E-state index contributed by atoms with van der Waals surface area (Å²) in [4.78, 5) is 0. The first-order valence-corrected chi connectivity index (χ1v) is 10.7. The maximum atomic E-state index is 11.2. The molecule has 0 radical (unpaired) electrons. The van der Waals surface area contributed by atoms with Gasteiger partial charge in [-0.3, -0.25) is 0 Å². The first kappa shape index (κ1) is 18.0. The topological polar surface area (TPSA) is 40.5 Å². The second kappa shape index (κ2) is 5.83. The highest BCUT2D eigenvalue weighted by Gasteiger charge is 2.64. The molecule has 142 valence electrons. The molecule has 4 aliphatic carbocycles. The first-order chi connectivity index (χ1) is 11.7. The fourth-order valence-corrected chi connectivity index (χ4v) is 8.27. The van der Waals surface area contributed by atoms with E-state index in [9.17, 15) is 10.2 Å². The second-order valence-corrected chi connectivity index (χ2v) is 10.8. The number of hydrogen-bond donors (Lipinski definition) is 2. The number of fused-ring (bicyclic) bond motifs is 5. The lowest BCUT2D eigenvalue weighted by Gasteiger charge is -2.63. The van der Waals surface area contributed by atoms with Crippen molar-refractivity contribution in [3.63, 3.8) is 0 Å². The number of aliphatic hydroxyl groups excluding tert-OH is 2. The molecule has 4 unspecified atom stereocenters.